The first-order valence-electron chi connectivity index (χ1n) is 5.94. The van der Waals surface area contributed by atoms with Gasteiger partial charge >= 0.3 is 0 Å². The van der Waals surface area contributed by atoms with E-state index in [2.05, 4.69) is 21.2 Å². The van der Waals surface area contributed by atoms with E-state index in [1.165, 1.54) is 6.07 Å². The summed E-state index contributed by atoms with van der Waals surface area (Å²) in [6.07, 6.45) is 0. The van der Waals surface area contributed by atoms with E-state index in [4.69, 9.17) is 4.74 Å². The summed E-state index contributed by atoms with van der Waals surface area (Å²) in [5.74, 6) is -0.251. The molecule has 0 aromatic heterocycles. The van der Waals surface area contributed by atoms with E-state index in [0.29, 0.717) is 18.8 Å². The van der Waals surface area contributed by atoms with Crippen molar-refractivity contribution >= 4 is 21.6 Å². The highest BCUT2D eigenvalue weighted by Gasteiger charge is 2.02. The van der Waals surface area contributed by atoms with Crippen LogP contribution < -0.4 is 5.32 Å². The smallest absolute Gasteiger partial charge is 0.146 e. The van der Waals surface area contributed by atoms with Crippen molar-refractivity contribution in [2.24, 2.45) is 0 Å². The molecule has 100 valence electrons. The molecule has 2 rings (SSSR count). The van der Waals surface area contributed by atoms with Crippen molar-refractivity contribution in [1.82, 2.24) is 0 Å². The largest absolute Gasteiger partial charge is 0.380 e. The summed E-state index contributed by atoms with van der Waals surface area (Å²) in [5.41, 5.74) is 2.72. The summed E-state index contributed by atoms with van der Waals surface area (Å²) in [6, 6.07) is 12.9. The normalized spacial score (nSPS) is 10.5. The van der Waals surface area contributed by atoms with E-state index in [1.54, 1.807) is 19.2 Å². The van der Waals surface area contributed by atoms with Crippen LogP contribution in [0.5, 0.6) is 0 Å². The number of anilines is 1. The van der Waals surface area contributed by atoms with Crippen LogP contribution in [0.25, 0.3) is 0 Å². The number of hydrogen-bond acceptors (Lipinski definition) is 2. The van der Waals surface area contributed by atoms with Crippen LogP contribution in [-0.4, -0.2) is 7.11 Å². The van der Waals surface area contributed by atoms with E-state index < -0.39 is 0 Å². The molecule has 19 heavy (non-hydrogen) atoms. The highest BCUT2D eigenvalue weighted by atomic mass is 79.9. The summed E-state index contributed by atoms with van der Waals surface area (Å²) in [4.78, 5) is 0. The lowest BCUT2D eigenvalue weighted by molar-refractivity contribution is 0.185. The van der Waals surface area contributed by atoms with Gasteiger partial charge in [-0.05, 0) is 29.3 Å². The van der Waals surface area contributed by atoms with Gasteiger partial charge in [0.1, 0.15) is 5.82 Å². The van der Waals surface area contributed by atoms with Crippen molar-refractivity contribution in [3.8, 4) is 0 Å². The fourth-order valence-electron chi connectivity index (χ4n) is 1.75. The van der Waals surface area contributed by atoms with Crippen LogP contribution in [0.4, 0.5) is 10.1 Å². The molecule has 0 bridgehead atoms. The van der Waals surface area contributed by atoms with Gasteiger partial charge in [-0.15, -0.1) is 0 Å². The topological polar surface area (TPSA) is 21.3 Å². The Morgan fingerprint density at radius 3 is 2.47 bits per heavy atom. The van der Waals surface area contributed by atoms with Gasteiger partial charge in [0, 0.05) is 18.1 Å². The summed E-state index contributed by atoms with van der Waals surface area (Å²) in [5, 5.41) is 3.09. The molecule has 0 saturated carbocycles. The average molecular weight is 324 g/mol. The summed E-state index contributed by atoms with van der Waals surface area (Å²) in [7, 11) is 1.67. The first-order valence-corrected chi connectivity index (χ1v) is 6.74. The number of methoxy groups -OCH3 is 1. The Bertz CT molecular complexity index is 542. The van der Waals surface area contributed by atoms with Gasteiger partial charge in [-0.25, -0.2) is 4.39 Å². The van der Waals surface area contributed by atoms with Gasteiger partial charge in [-0.1, -0.05) is 40.2 Å². The van der Waals surface area contributed by atoms with E-state index >= 15 is 0 Å². The number of halogens is 2. The molecular weight excluding hydrogens is 309 g/mol. The molecule has 0 fully saturated rings. The molecule has 0 spiro atoms. The number of benzene rings is 2. The molecule has 0 aliphatic rings. The van der Waals surface area contributed by atoms with Crippen molar-refractivity contribution in [2.45, 2.75) is 13.2 Å². The van der Waals surface area contributed by atoms with Crippen LogP contribution in [0.15, 0.2) is 46.9 Å². The molecule has 4 heteroatoms. The summed E-state index contributed by atoms with van der Waals surface area (Å²) < 4.78 is 19.4. The van der Waals surface area contributed by atoms with E-state index in [9.17, 15) is 4.39 Å². The van der Waals surface area contributed by atoms with E-state index in [-0.39, 0.29) is 5.82 Å². The SMILES string of the molecule is COCc1ccc(CNc2cc(Br)ccc2F)cc1. The molecular formula is C15H15BrFNO. The maximum atomic E-state index is 13.5. The number of ether oxygens (including phenoxy) is 1. The molecule has 0 atom stereocenters. The zero-order chi connectivity index (χ0) is 13.7. The molecule has 2 aromatic carbocycles. The Labute approximate surface area is 120 Å². The third-order valence-electron chi connectivity index (χ3n) is 2.75. The van der Waals surface area contributed by atoms with Crippen molar-refractivity contribution < 1.29 is 9.13 Å². The Hall–Kier alpha value is -1.39. The molecule has 0 amide bonds. The predicted octanol–water partition coefficient (Wildman–Crippen LogP) is 4.35. The minimum absolute atomic E-state index is 0.251. The molecule has 1 N–H and O–H groups in total. The van der Waals surface area contributed by atoms with Gasteiger partial charge in [0.15, 0.2) is 0 Å². The maximum absolute atomic E-state index is 13.5. The van der Waals surface area contributed by atoms with Gasteiger partial charge in [0.2, 0.25) is 0 Å². The second-order valence-corrected chi connectivity index (χ2v) is 5.14. The molecule has 2 aromatic rings. The van der Waals surface area contributed by atoms with Crippen LogP contribution in [0.2, 0.25) is 0 Å². The third-order valence-corrected chi connectivity index (χ3v) is 3.24. The van der Waals surface area contributed by atoms with Crippen molar-refractivity contribution in [3.05, 3.63) is 63.9 Å². The zero-order valence-electron chi connectivity index (χ0n) is 10.6. The van der Waals surface area contributed by atoms with Crippen molar-refractivity contribution in [1.29, 1.82) is 0 Å². The van der Waals surface area contributed by atoms with Gasteiger partial charge < -0.3 is 10.1 Å². The Kier molecular flexibility index (Phi) is 4.93. The number of rotatable bonds is 5. The molecule has 0 unspecified atom stereocenters. The molecule has 0 radical (unpaired) electrons. The van der Waals surface area contributed by atoms with Crippen LogP contribution in [-0.2, 0) is 17.9 Å². The Balaban J connectivity index is 2.00. The Morgan fingerprint density at radius 1 is 1.11 bits per heavy atom. The van der Waals surface area contributed by atoms with Gasteiger partial charge in [0.25, 0.3) is 0 Å². The van der Waals surface area contributed by atoms with Gasteiger partial charge in [0.05, 0.1) is 12.3 Å². The number of nitrogens with one attached hydrogen (secondary N) is 1. The molecule has 0 aliphatic heterocycles. The fraction of sp³-hybridized carbons (Fsp3) is 0.200. The fourth-order valence-corrected chi connectivity index (χ4v) is 2.11. The lowest BCUT2D eigenvalue weighted by atomic mass is 10.1. The van der Waals surface area contributed by atoms with Gasteiger partial charge in [-0.2, -0.15) is 0 Å². The second kappa shape index (κ2) is 6.68. The minimum Gasteiger partial charge on any atom is -0.380 e. The highest BCUT2D eigenvalue weighted by Crippen LogP contribution is 2.20. The van der Waals surface area contributed by atoms with Crippen molar-refractivity contribution in [2.75, 3.05) is 12.4 Å². The monoisotopic (exact) mass is 323 g/mol. The molecule has 0 saturated heterocycles. The number of hydrogen-bond donors (Lipinski definition) is 1. The lowest BCUT2D eigenvalue weighted by Gasteiger charge is -2.09. The quantitative estimate of drug-likeness (QED) is 0.883. The standard InChI is InChI=1S/C15H15BrFNO/c1-19-10-12-4-2-11(3-5-12)9-18-15-8-13(16)6-7-14(15)17/h2-8,18H,9-10H2,1H3. The molecule has 0 heterocycles. The average Bonchev–Trinajstić information content (AvgIpc) is 2.42. The van der Waals surface area contributed by atoms with Crippen LogP contribution >= 0.6 is 15.9 Å². The molecule has 0 aliphatic carbocycles. The van der Waals surface area contributed by atoms with Crippen LogP contribution in [0.1, 0.15) is 11.1 Å². The first-order chi connectivity index (χ1) is 9.19. The van der Waals surface area contributed by atoms with E-state index in [0.717, 1.165) is 15.6 Å². The maximum Gasteiger partial charge on any atom is 0.146 e. The summed E-state index contributed by atoms with van der Waals surface area (Å²) in [6.45, 7) is 1.19. The third kappa shape index (κ3) is 4.04. The highest BCUT2D eigenvalue weighted by molar-refractivity contribution is 9.10. The van der Waals surface area contributed by atoms with Gasteiger partial charge in [-0.3, -0.25) is 0 Å². The molecule has 2 nitrogen and oxygen atoms in total. The van der Waals surface area contributed by atoms with E-state index in [1.807, 2.05) is 24.3 Å². The van der Waals surface area contributed by atoms with Crippen LogP contribution in [0, 0.1) is 5.82 Å². The minimum atomic E-state index is -0.251. The summed E-state index contributed by atoms with van der Waals surface area (Å²) >= 11 is 3.33. The zero-order valence-corrected chi connectivity index (χ0v) is 12.2. The second-order valence-electron chi connectivity index (χ2n) is 4.23. The Morgan fingerprint density at radius 2 is 1.79 bits per heavy atom. The first kappa shape index (κ1) is 14.0. The predicted molar refractivity (Wildman–Crippen MR) is 78.6 cm³/mol. The van der Waals surface area contributed by atoms with Crippen molar-refractivity contribution in [3.63, 3.8) is 0 Å². The lowest BCUT2D eigenvalue weighted by Crippen LogP contribution is -2.01. The van der Waals surface area contributed by atoms with Crippen LogP contribution in [0.3, 0.4) is 0 Å².